The number of hydrogen-bond donors (Lipinski definition) is 1. The lowest BCUT2D eigenvalue weighted by molar-refractivity contribution is -0.142. The molecule has 0 fully saturated rings. The molecule has 0 aliphatic carbocycles. The average Bonchev–Trinajstić information content (AvgIpc) is 2.89. The number of rotatable bonds is 4. The van der Waals surface area contributed by atoms with E-state index in [0.717, 1.165) is 4.31 Å². The molecule has 3 rings (SSSR count). The third-order valence-corrected chi connectivity index (χ3v) is 5.98. The number of carboxylic acid groups (broad SMARTS) is 1. The Morgan fingerprint density at radius 2 is 2.08 bits per heavy atom. The van der Waals surface area contributed by atoms with Crippen LogP contribution < -0.4 is 0 Å². The normalized spacial score (nSPS) is 18.1. The first-order valence-corrected chi connectivity index (χ1v) is 9.16. The molecule has 1 atom stereocenters. The van der Waals surface area contributed by atoms with E-state index >= 15 is 0 Å². The van der Waals surface area contributed by atoms with E-state index in [2.05, 4.69) is 10.2 Å². The Labute approximate surface area is 144 Å². The number of aromatic nitrogens is 3. The second-order valence-corrected chi connectivity index (χ2v) is 7.95. The maximum atomic E-state index is 14.0. The summed E-state index contributed by atoms with van der Waals surface area (Å²) in [4.78, 5) is 11.6. The highest BCUT2D eigenvalue weighted by atomic mass is 32.2. The topological polar surface area (TPSA) is 105 Å². The van der Waals surface area contributed by atoms with Gasteiger partial charge in [-0.25, -0.2) is 12.8 Å². The summed E-state index contributed by atoms with van der Waals surface area (Å²) < 4.78 is 42.0. The van der Waals surface area contributed by atoms with Crippen LogP contribution in [0.5, 0.6) is 0 Å². The van der Waals surface area contributed by atoms with Gasteiger partial charge >= 0.3 is 5.97 Å². The van der Waals surface area contributed by atoms with Gasteiger partial charge in [-0.15, -0.1) is 10.2 Å². The molecule has 0 amide bonds. The van der Waals surface area contributed by atoms with Crippen LogP contribution in [0.25, 0.3) is 0 Å². The minimum atomic E-state index is -4.07. The predicted molar refractivity (Wildman–Crippen MR) is 85.5 cm³/mol. The van der Waals surface area contributed by atoms with Crippen molar-refractivity contribution in [1.82, 2.24) is 19.1 Å². The number of sulfonamides is 1. The molecule has 0 saturated carbocycles. The van der Waals surface area contributed by atoms with Crippen molar-refractivity contribution < 1.29 is 22.7 Å². The zero-order valence-corrected chi connectivity index (χ0v) is 14.5. The van der Waals surface area contributed by atoms with Gasteiger partial charge in [0.25, 0.3) is 0 Å². The first-order valence-electron chi connectivity index (χ1n) is 7.55. The molecule has 1 unspecified atom stereocenters. The van der Waals surface area contributed by atoms with Crippen molar-refractivity contribution in [2.24, 2.45) is 0 Å². The smallest absolute Gasteiger partial charge is 0.323 e. The van der Waals surface area contributed by atoms with Crippen LogP contribution in [0.15, 0.2) is 18.2 Å². The highest BCUT2D eigenvalue weighted by Gasteiger charge is 2.40. The molecule has 25 heavy (non-hydrogen) atoms. The third kappa shape index (κ3) is 3.27. The van der Waals surface area contributed by atoms with Crippen LogP contribution in [0.2, 0.25) is 0 Å². The fourth-order valence-corrected chi connectivity index (χ4v) is 4.48. The predicted octanol–water partition coefficient (Wildman–Crippen LogP) is 0.833. The molecule has 1 aliphatic heterocycles. The molecule has 0 saturated heterocycles. The fraction of sp³-hybridized carbons (Fsp3) is 0.400. The van der Waals surface area contributed by atoms with Crippen LogP contribution in [-0.4, -0.2) is 44.6 Å². The largest absolute Gasteiger partial charge is 0.480 e. The van der Waals surface area contributed by atoms with E-state index in [9.17, 15) is 22.7 Å². The Kier molecular flexibility index (Phi) is 4.33. The number of aliphatic carboxylic acids is 1. The minimum absolute atomic E-state index is 0.00189. The molecule has 8 nitrogen and oxygen atoms in total. The quantitative estimate of drug-likeness (QED) is 0.857. The van der Waals surface area contributed by atoms with E-state index in [4.69, 9.17) is 0 Å². The van der Waals surface area contributed by atoms with Crippen LogP contribution in [0.4, 0.5) is 4.39 Å². The van der Waals surface area contributed by atoms with Crippen molar-refractivity contribution in [3.05, 3.63) is 46.8 Å². The molecule has 1 N–H and O–H groups in total. The number of benzene rings is 1. The van der Waals surface area contributed by atoms with Gasteiger partial charge in [0.1, 0.15) is 23.5 Å². The third-order valence-electron chi connectivity index (χ3n) is 4.20. The van der Waals surface area contributed by atoms with Crippen LogP contribution in [0, 0.1) is 19.7 Å². The molecule has 134 valence electrons. The Bertz CT molecular complexity index is 941. The summed E-state index contributed by atoms with van der Waals surface area (Å²) in [5.74, 6) is -1.64. The molecule has 0 spiro atoms. The van der Waals surface area contributed by atoms with Gasteiger partial charge < -0.3 is 9.67 Å². The summed E-state index contributed by atoms with van der Waals surface area (Å²) in [7, 11) is -4.07. The zero-order chi connectivity index (χ0) is 18.4. The molecule has 10 heteroatoms. The van der Waals surface area contributed by atoms with Crippen molar-refractivity contribution in [1.29, 1.82) is 0 Å². The van der Waals surface area contributed by atoms with Gasteiger partial charge in [0.2, 0.25) is 10.0 Å². The van der Waals surface area contributed by atoms with Crippen molar-refractivity contribution in [2.45, 2.75) is 38.7 Å². The first-order chi connectivity index (χ1) is 11.7. The van der Waals surface area contributed by atoms with Gasteiger partial charge in [0.15, 0.2) is 0 Å². The lowest BCUT2D eigenvalue weighted by atomic mass is 10.2. The minimum Gasteiger partial charge on any atom is -0.480 e. The average molecular weight is 368 g/mol. The van der Waals surface area contributed by atoms with Gasteiger partial charge in [-0.2, -0.15) is 4.31 Å². The Morgan fingerprint density at radius 3 is 2.72 bits per heavy atom. The molecule has 2 aromatic rings. The van der Waals surface area contributed by atoms with Crippen molar-refractivity contribution in [3.8, 4) is 0 Å². The summed E-state index contributed by atoms with van der Waals surface area (Å²) in [6, 6.07) is 2.96. The van der Waals surface area contributed by atoms with Gasteiger partial charge in [-0.1, -0.05) is 12.1 Å². The van der Waals surface area contributed by atoms with E-state index in [1.165, 1.54) is 12.1 Å². The highest BCUT2D eigenvalue weighted by molar-refractivity contribution is 7.88. The molecule has 2 heterocycles. The van der Waals surface area contributed by atoms with Gasteiger partial charge in [0.05, 0.1) is 18.8 Å². The monoisotopic (exact) mass is 368 g/mol. The van der Waals surface area contributed by atoms with Gasteiger partial charge in [-0.05, 0) is 25.5 Å². The van der Waals surface area contributed by atoms with Crippen LogP contribution in [-0.2, 0) is 33.7 Å². The van der Waals surface area contributed by atoms with Crippen molar-refractivity contribution >= 4 is 16.0 Å². The van der Waals surface area contributed by atoms with Gasteiger partial charge in [-0.3, -0.25) is 4.79 Å². The molecule has 0 radical (unpaired) electrons. The van der Waals surface area contributed by atoms with E-state index in [1.807, 2.05) is 0 Å². The zero-order valence-electron chi connectivity index (χ0n) is 13.7. The Morgan fingerprint density at radius 1 is 1.36 bits per heavy atom. The van der Waals surface area contributed by atoms with Crippen LogP contribution in [0.3, 0.4) is 0 Å². The number of fused-ring (bicyclic) bond motifs is 1. The number of halogens is 1. The molecule has 1 aromatic carbocycles. The molecule has 1 aromatic heterocycles. The first kappa shape index (κ1) is 17.5. The molecular weight excluding hydrogens is 351 g/mol. The molecule has 0 bridgehead atoms. The van der Waals surface area contributed by atoms with Crippen LogP contribution in [0.1, 0.15) is 22.8 Å². The number of nitrogens with zero attached hydrogens (tertiary/aromatic N) is 4. The highest BCUT2D eigenvalue weighted by Crippen LogP contribution is 2.24. The Balaban J connectivity index is 1.95. The van der Waals surface area contributed by atoms with E-state index in [0.29, 0.717) is 17.2 Å². The number of hydrogen-bond acceptors (Lipinski definition) is 5. The van der Waals surface area contributed by atoms with Gasteiger partial charge in [0, 0.05) is 5.56 Å². The standard InChI is InChI=1S/C15H17FN4O4S/c1-9-3-4-11(12(16)5-9)8-25(23,24)20-7-14-18-17-10(2)19(14)6-13(20)15(21)22/h3-5,13H,6-8H2,1-2H3,(H,21,22). The lowest BCUT2D eigenvalue weighted by Gasteiger charge is -2.32. The van der Waals surface area contributed by atoms with E-state index in [1.54, 1.807) is 24.5 Å². The van der Waals surface area contributed by atoms with E-state index in [-0.39, 0.29) is 18.7 Å². The number of carboxylic acids is 1. The molecule has 1 aliphatic rings. The summed E-state index contributed by atoms with van der Waals surface area (Å²) in [6.07, 6.45) is 0. The molecular formula is C15H17FN4O4S. The summed E-state index contributed by atoms with van der Waals surface area (Å²) in [5, 5.41) is 17.2. The SMILES string of the molecule is Cc1ccc(CS(=O)(=O)N2Cc3nnc(C)n3CC2C(=O)O)c(F)c1. The fourth-order valence-electron chi connectivity index (χ4n) is 2.84. The second kappa shape index (κ2) is 6.19. The lowest BCUT2D eigenvalue weighted by Crippen LogP contribution is -2.51. The maximum absolute atomic E-state index is 14.0. The van der Waals surface area contributed by atoms with Crippen LogP contribution >= 0.6 is 0 Å². The van der Waals surface area contributed by atoms with E-state index < -0.39 is 33.6 Å². The van der Waals surface area contributed by atoms with Crippen molar-refractivity contribution in [2.75, 3.05) is 0 Å². The summed E-state index contributed by atoms with van der Waals surface area (Å²) in [6.45, 7) is 3.07. The number of aryl methyl sites for hydroxylation is 2. The second-order valence-electron chi connectivity index (χ2n) is 6.02. The number of carbonyl (C=O) groups is 1. The Hall–Kier alpha value is -2.33. The maximum Gasteiger partial charge on any atom is 0.323 e. The summed E-state index contributed by atoms with van der Waals surface area (Å²) in [5.41, 5.74) is 0.668. The summed E-state index contributed by atoms with van der Waals surface area (Å²) >= 11 is 0. The van der Waals surface area contributed by atoms with Crippen molar-refractivity contribution in [3.63, 3.8) is 0 Å².